The number of pyridine rings is 1. The number of hydrogen-bond acceptors (Lipinski definition) is 3. The number of nitrogens with zero attached hydrogens (tertiary/aromatic N) is 3. The zero-order chi connectivity index (χ0) is 14.4. The van der Waals surface area contributed by atoms with Crippen molar-refractivity contribution in [2.24, 2.45) is 5.92 Å². The lowest BCUT2D eigenvalue weighted by molar-refractivity contribution is 0.493. The molecule has 1 atom stereocenters. The van der Waals surface area contributed by atoms with Crippen LogP contribution in [-0.2, 0) is 6.42 Å². The monoisotopic (exact) mass is 273 g/mol. The van der Waals surface area contributed by atoms with Crippen molar-refractivity contribution in [1.29, 1.82) is 0 Å². The molecule has 0 radical (unpaired) electrons. The molecular weight excluding hydrogens is 248 g/mol. The van der Waals surface area contributed by atoms with Crippen LogP contribution in [0.4, 0.5) is 11.5 Å². The molecule has 1 unspecified atom stereocenters. The topological polar surface area (TPSA) is 46.5 Å². The first-order valence-electron chi connectivity index (χ1n) is 7.66. The van der Waals surface area contributed by atoms with E-state index >= 15 is 0 Å². The van der Waals surface area contributed by atoms with E-state index in [1.807, 2.05) is 0 Å². The highest BCUT2D eigenvalue weighted by Crippen LogP contribution is 2.24. The normalized spacial score (nSPS) is 18.5. The van der Waals surface area contributed by atoms with Crippen molar-refractivity contribution in [2.45, 2.75) is 39.5 Å². The average molecular weight is 273 g/mol. The van der Waals surface area contributed by atoms with E-state index in [1.54, 1.807) is 6.20 Å². The fourth-order valence-corrected chi connectivity index (χ4v) is 2.57. The zero-order valence-corrected chi connectivity index (χ0v) is 12.6. The SMILES string of the molecule is CCC[N+]#CC1CCCN(c2cc(CC)c(N)cn2)C1. The number of nitrogen functional groups attached to an aromatic ring is 1. The van der Waals surface area contributed by atoms with Crippen molar-refractivity contribution >= 4 is 11.5 Å². The first-order valence-corrected chi connectivity index (χ1v) is 7.66. The van der Waals surface area contributed by atoms with Crippen molar-refractivity contribution in [3.63, 3.8) is 0 Å². The Hall–Kier alpha value is -1.76. The van der Waals surface area contributed by atoms with Gasteiger partial charge < -0.3 is 10.6 Å². The lowest BCUT2D eigenvalue weighted by atomic mass is 9.99. The summed E-state index contributed by atoms with van der Waals surface area (Å²) in [4.78, 5) is 11.2. The van der Waals surface area contributed by atoms with Crippen LogP contribution in [0.2, 0.25) is 0 Å². The van der Waals surface area contributed by atoms with E-state index < -0.39 is 0 Å². The van der Waals surface area contributed by atoms with Gasteiger partial charge in [0.05, 0.1) is 11.9 Å². The molecule has 1 fully saturated rings. The predicted molar refractivity (Wildman–Crippen MR) is 85.4 cm³/mol. The Balaban J connectivity index is 2.07. The molecule has 2 heterocycles. The molecule has 1 aliphatic heterocycles. The van der Waals surface area contributed by atoms with Gasteiger partial charge in [0.25, 0.3) is 12.6 Å². The van der Waals surface area contributed by atoms with Gasteiger partial charge in [0.1, 0.15) is 11.7 Å². The molecule has 0 aliphatic carbocycles. The van der Waals surface area contributed by atoms with Crippen molar-refractivity contribution < 1.29 is 0 Å². The Kier molecular flexibility index (Phi) is 5.23. The van der Waals surface area contributed by atoms with Gasteiger partial charge in [-0.1, -0.05) is 18.7 Å². The predicted octanol–water partition coefficient (Wildman–Crippen LogP) is 3.19. The minimum atomic E-state index is 0.430. The molecule has 20 heavy (non-hydrogen) atoms. The Morgan fingerprint density at radius 3 is 3.10 bits per heavy atom. The lowest BCUT2D eigenvalue weighted by Gasteiger charge is -2.30. The molecule has 0 saturated carbocycles. The maximum atomic E-state index is 5.93. The maximum absolute atomic E-state index is 5.93. The third kappa shape index (κ3) is 3.63. The summed E-state index contributed by atoms with van der Waals surface area (Å²) in [5.41, 5.74) is 7.90. The largest absolute Gasteiger partial charge is 0.397 e. The highest BCUT2D eigenvalue weighted by atomic mass is 15.2. The summed E-state index contributed by atoms with van der Waals surface area (Å²) in [6.45, 7) is 7.18. The number of aromatic nitrogens is 1. The molecule has 2 rings (SSSR count). The van der Waals surface area contributed by atoms with E-state index in [4.69, 9.17) is 5.73 Å². The number of piperidine rings is 1. The summed E-state index contributed by atoms with van der Waals surface area (Å²) < 4.78 is 0. The smallest absolute Gasteiger partial charge is 0.278 e. The van der Waals surface area contributed by atoms with Crippen LogP contribution in [0.1, 0.15) is 38.7 Å². The molecule has 0 bridgehead atoms. The van der Waals surface area contributed by atoms with Crippen LogP contribution in [0.25, 0.3) is 4.85 Å². The number of rotatable bonds is 3. The van der Waals surface area contributed by atoms with Gasteiger partial charge in [-0.3, -0.25) is 0 Å². The number of hydrogen-bond donors (Lipinski definition) is 1. The van der Waals surface area contributed by atoms with Crippen molar-refractivity contribution in [1.82, 2.24) is 4.98 Å². The van der Waals surface area contributed by atoms with Crippen LogP contribution in [0.15, 0.2) is 12.3 Å². The fraction of sp³-hybridized carbons (Fsp3) is 0.625. The van der Waals surface area contributed by atoms with Crippen LogP contribution >= 0.6 is 0 Å². The van der Waals surface area contributed by atoms with Gasteiger partial charge in [0, 0.05) is 19.5 Å². The van der Waals surface area contributed by atoms with E-state index in [2.05, 4.69) is 40.7 Å². The highest BCUT2D eigenvalue weighted by molar-refractivity contribution is 5.53. The molecule has 108 valence electrons. The van der Waals surface area contributed by atoms with E-state index in [-0.39, 0.29) is 0 Å². The molecular formula is C16H25N4+. The Labute approximate surface area is 121 Å². The van der Waals surface area contributed by atoms with Gasteiger partial charge in [0.2, 0.25) is 0 Å². The Bertz CT molecular complexity index is 501. The highest BCUT2D eigenvalue weighted by Gasteiger charge is 2.23. The molecule has 1 aliphatic rings. The summed E-state index contributed by atoms with van der Waals surface area (Å²) >= 11 is 0. The summed E-state index contributed by atoms with van der Waals surface area (Å²) in [6, 6.07) is 5.42. The first-order chi connectivity index (χ1) is 9.74. The van der Waals surface area contributed by atoms with E-state index in [0.717, 1.165) is 44.0 Å². The van der Waals surface area contributed by atoms with Gasteiger partial charge in [-0.05, 0) is 30.9 Å². The van der Waals surface area contributed by atoms with Crippen LogP contribution in [0.3, 0.4) is 0 Å². The molecule has 1 aromatic heterocycles. The third-order valence-electron chi connectivity index (χ3n) is 3.75. The van der Waals surface area contributed by atoms with E-state index in [1.165, 1.54) is 18.4 Å². The van der Waals surface area contributed by atoms with E-state index in [0.29, 0.717) is 5.92 Å². The lowest BCUT2D eigenvalue weighted by Crippen LogP contribution is -2.35. The van der Waals surface area contributed by atoms with Crippen LogP contribution in [0.5, 0.6) is 0 Å². The quantitative estimate of drug-likeness (QED) is 0.920. The van der Waals surface area contributed by atoms with Crippen molar-refractivity contribution in [3.8, 4) is 6.07 Å². The molecule has 0 spiro atoms. The Morgan fingerprint density at radius 1 is 1.50 bits per heavy atom. The van der Waals surface area contributed by atoms with Gasteiger partial charge in [0.15, 0.2) is 0 Å². The second kappa shape index (κ2) is 7.14. The number of anilines is 2. The van der Waals surface area contributed by atoms with E-state index in [9.17, 15) is 0 Å². The first kappa shape index (κ1) is 14.6. The molecule has 4 nitrogen and oxygen atoms in total. The van der Waals surface area contributed by atoms with Gasteiger partial charge in [-0.25, -0.2) is 4.98 Å². The average Bonchev–Trinajstić information content (AvgIpc) is 2.48. The molecule has 1 aromatic rings. The second-order valence-corrected chi connectivity index (χ2v) is 5.39. The molecule has 1 saturated heterocycles. The van der Waals surface area contributed by atoms with Crippen molar-refractivity contribution in [3.05, 3.63) is 22.7 Å². The second-order valence-electron chi connectivity index (χ2n) is 5.39. The van der Waals surface area contributed by atoms with Crippen LogP contribution in [0, 0.1) is 12.0 Å². The fourth-order valence-electron chi connectivity index (χ4n) is 2.57. The summed E-state index contributed by atoms with van der Waals surface area (Å²) in [7, 11) is 0. The molecule has 0 amide bonds. The molecule has 4 heteroatoms. The van der Waals surface area contributed by atoms with Crippen LogP contribution in [-0.4, -0.2) is 24.6 Å². The van der Waals surface area contributed by atoms with Gasteiger partial charge in [-0.2, -0.15) is 0 Å². The maximum Gasteiger partial charge on any atom is 0.278 e. The van der Waals surface area contributed by atoms with Crippen molar-refractivity contribution in [2.75, 3.05) is 30.3 Å². The van der Waals surface area contributed by atoms with Gasteiger partial charge >= 0.3 is 0 Å². The summed E-state index contributed by atoms with van der Waals surface area (Å²) in [6.07, 6.45) is 6.17. The minimum Gasteiger partial charge on any atom is -0.397 e. The third-order valence-corrected chi connectivity index (χ3v) is 3.75. The zero-order valence-electron chi connectivity index (χ0n) is 12.6. The summed E-state index contributed by atoms with van der Waals surface area (Å²) in [5.74, 6) is 1.47. The van der Waals surface area contributed by atoms with Crippen LogP contribution < -0.4 is 10.6 Å². The molecule has 2 N–H and O–H groups in total. The molecule has 0 aromatic carbocycles. The number of aryl methyl sites for hydroxylation is 1. The standard InChI is InChI=1S/C16H25N4/c1-3-7-18-10-13-6-5-8-20(12-13)16-9-14(4-2)15(17)11-19-16/h9,11,13H,3-8,12,17H2,1-2H3/q+1. The Morgan fingerprint density at radius 2 is 2.35 bits per heavy atom. The van der Waals surface area contributed by atoms with Gasteiger partial charge in [-0.15, -0.1) is 0 Å². The number of nitrogens with two attached hydrogens (primary N) is 1. The minimum absolute atomic E-state index is 0.430. The summed E-state index contributed by atoms with van der Waals surface area (Å²) in [5, 5.41) is 0.